The summed E-state index contributed by atoms with van der Waals surface area (Å²) in [5.74, 6) is -0.350. The van der Waals surface area contributed by atoms with Gasteiger partial charge in [-0.3, -0.25) is 4.79 Å². The Morgan fingerprint density at radius 3 is 2.64 bits per heavy atom. The first-order chi connectivity index (χ1) is 6.54. The molecule has 1 fully saturated rings. The molecular weight excluding hydrogens is 188 g/mol. The number of rotatable bonds is 2. The van der Waals surface area contributed by atoms with E-state index in [1.165, 1.54) is 14.0 Å². The molecule has 4 atom stereocenters. The van der Waals surface area contributed by atoms with Crippen molar-refractivity contribution in [2.75, 3.05) is 7.11 Å². The summed E-state index contributed by atoms with van der Waals surface area (Å²) in [5.41, 5.74) is 0. The lowest BCUT2D eigenvalue weighted by atomic mass is 10.0. The molecule has 0 aromatic heterocycles. The third kappa shape index (κ3) is 2.67. The summed E-state index contributed by atoms with van der Waals surface area (Å²) in [6.45, 7) is 3.10. The minimum Gasteiger partial charge on any atom is -0.460 e. The zero-order valence-electron chi connectivity index (χ0n) is 8.60. The second-order valence-corrected chi connectivity index (χ2v) is 3.39. The molecule has 1 rings (SSSR count). The van der Waals surface area contributed by atoms with E-state index in [0.717, 1.165) is 0 Å². The fourth-order valence-corrected chi connectivity index (χ4v) is 1.50. The van der Waals surface area contributed by atoms with Crippen LogP contribution >= 0.6 is 0 Å². The van der Waals surface area contributed by atoms with Gasteiger partial charge in [-0.05, 0) is 6.92 Å². The van der Waals surface area contributed by atoms with Gasteiger partial charge in [0, 0.05) is 20.5 Å². The summed E-state index contributed by atoms with van der Waals surface area (Å²) in [6.07, 6.45) is -1.57. The number of aliphatic hydroxyl groups is 1. The van der Waals surface area contributed by atoms with Crippen LogP contribution in [0.2, 0.25) is 0 Å². The van der Waals surface area contributed by atoms with E-state index in [1.807, 2.05) is 0 Å². The van der Waals surface area contributed by atoms with E-state index in [9.17, 15) is 9.90 Å². The van der Waals surface area contributed by atoms with Gasteiger partial charge in [-0.15, -0.1) is 0 Å². The second-order valence-electron chi connectivity index (χ2n) is 3.39. The van der Waals surface area contributed by atoms with Crippen molar-refractivity contribution in [1.29, 1.82) is 0 Å². The van der Waals surface area contributed by atoms with E-state index in [1.54, 1.807) is 6.92 Å². The highest BCUT2D eigenvalue weighted by atomic mass is 16.7. The molecule has 1 aliphatic rings. The van der Waals surface area contributed by atoms with E-state index < -0.39 is 12.4 Å². The van der Waals surface area contributed by atoms with Crippen LogP contribution in [0.25, 0.3) is 0 Å². The van der Waals surface area contributed by atoms with Gasteiger partial charge in [0.25, 0.3) is 0 Å². The van der Waals surface area contributed by atoms with Crippen LogP contribution in [0, 0.1) is 0 Å². The summed E-state index contributed by atoms with van der Waals surface area (Å²) < 4.78 is 15.2. The van der Waals surface area contributed by atoms with Gasteiger partial charge in [0.15, 0.2) is 6.29 Å². The number of aliphatic hydroxyl groups excluding tert-OH is 1. The number of hydrogen-bond acceptors (Lipinski definition) is 5. The van der Waals surface area contributed by atoms with E-state index in [-0.39, 0.29) is 18.2 Å². The van der Waals surface area contributed by atoms with Gasteiger partial charge in [-0.2, -0.15) is 0 Å². The van der Waals surface area contributed by atoms with Gasteiger partial charge in [-0.1, -0.05) is 0 Å². The van der Waals surface area contributed by atoms with Gasteiger partial charge in [-0.25, -0.2) is 0 Å². The lowest BCUT2D eigenvalue weighted by Gasteiger charge is -2.36. The smallest absolute Gasteiger partial charge is 0.302 e. The Balaban J connectivity index is 2.55. The maximum atomic E-state index is 10.8. The SMILES string of the molecule is COC1CC(OC(C)=O)C(C)OC1O. The molecule has 0 bridgehead atoms. The van der Waals surface area contributed by atoms with Crippen molar-refractivity contribution in [2.45, 2.75) is 44.9 Å². The standard InChI is InChI=1S/C9H16O5/c1-5-7(14-6(2)10)4-8(12-3)9(11)13-5/h5,7-9,11H,4H2,1-3H3. The molecule has 1 N–H and O–H groups in total. The highest BCUT2D eigenvalue weighted by Crippen LogP contribution is 2.23. The third-order valence-corrected chi connectivity index (χ3v) is 2.28. The molecule has 0 aromatic carbocycles. The lowest BCUT2D eigenvalue weighted by Crippen LogP contribution is -2.48. The van der Waals surface area contributed by atoms with Crippen LogP contribution in [0.3, 0.4) is 0 Å². The lowest BCUT2D eigenvalue weighted by molar-refractivity contribution is -0.251. The van der Waals surface area contributed by atoms with Gasteiger partial charge in [0.05, 0.1) is 6.10 Å². The molecule has 5 nitrogen and oxygen atoms in total. The van der Waals surface area contributed by atoms with E-state index in [0.29, 0.717) is 6.42 Å². The Morgan fingerprint density at radius 2 is 2.14 bits per heavy atom. The van der Waals surface area contributed by atoms with Crippen LogP contribution in [-0.4, -0.2) is 42.8 Å². The molecule has 4 unspecified atom stereocenters. The number of ether oxygens (including phenoxy) is 3. The van der Waals surface area contributed by atoms with E-state index >= 15 is 0 Å². The quantitative estimate of drug-likeness (QED) is 0.644. The minimum atomic E-state index is -0.943. The zero-order valence-corrected chi connectivity index (χ0v) is 8.60. The van der Waals surface area contributed by atoms with Crippen molar-refractivity contribution in [3.63, 3.8) is 0 Å². The molecule has 1 saturated heterocycles. The van der Waals surface area contributed by atoms with Gasteiger partial charge < -0.3 is 19.3 Å². The maximum Gasteiger partial charge on any atom is 0.302 e. The fourth-order valence-electron chi connectivity index (χ4n) is 1.50. The minimum absolute atomic E-state index is 0.305. The summed E-state index contributed by atoms with van der Waals surface area (Å²) in [4.78, 5) is 10.8. The average Bonchev–Trinajstić information content (AvgIpc) is 2.09. The molecule has 1 heterocycles. The first-order valence-electron chi connectivity index (χ1n) is 4.58. The number of carbonyl (C=O) groups is 1. The van der Waals surface area contributed by atoms with Crippen molar-refractivity contribution >= 4 is 5.97 Å². The molecule has 0 amide bonds. The molecule has 0 radical (unpaired) electrons. The number of hydrogen-bond donors (Lipinski definition) is 1. The van der Waals surface area contributed by atoms with Gasteiger partial charge in [0.1, 0.15) is 12.2 Å². The highest BCUT2D eigenvalue weighted by molar-refractivity contribution is 5.66. The van der Waals surface area contributed by atoms with Crippen LogP contribution in [0.5, 0.6) is 0 Å². The summed E-state index contributed by atoms with van der Waals surface area (Å²) in [5, 5.41) is 9.40. The molecule has 82 valence electrons. The number of methoxy groups -OCH3 is 1. The van der Waals surface area contributed by atoms with Crippen molar-refractivity contribution in [1.82, 2.24) is 0 Å². The largest absolute Gasteiger partial charge is 0.460 e. The highest BCUT2D eigenvalue weighted by Gasteiger charge is 2.36. The summed E-state index contributed by atoms with van der Waals surface area (Å²) in [6, 6.07) is 0. The number of carbonyl (C=O) groups excluding carboxylic acids is 1. The first kappa shape index (κ1) is 11.4. The van der Waals surface area contributed by atoms with Gasteiger partial charge in [0.2, 0.25) is 0 Å². The van der Waals surface area contributed by atoms with Crippen molar-refractivity contribution in [2.24, 2.45) is 0 Å². The summed E-state index contributed by atoms with van der Waals surface area (Å²) >= 11 is 0. The first-order valence-corrected chi connectivity index (χ1v) is 4.58. The third-order valence-electron chi connectivity index (χ3n) is 2.28. The Labute approximate surface area is 82.9 Å². The molecule has 0 aliphatic carbocycles. The molecule has 0 spiro atoms. The Morgan fingerprint density at radius 1 is 1.50 bits per heavy atom. The normalized spacial score (nSPS) is 38.0. The van der Waals surface area contributed by atoms with E-state index in [4.69, 9.17) is 14.2 Å². The fraction of sp³-hybridized carbons (Fsp3) is 0.889. The number of esters is 1. The summed E-state index contributed by atoms with van der Waals surface area (Å²) in [7, 11) is 1.48. The van der Waals surface area contributed by atoms with E-state index in [2.05, 4.69) is 0 Å². The maximum absolute atomic E-state index is 10.8. The van der Waals surface area contributed by atoms with Crippen LogP contribution in [0.15, 0.2) is 0 Å². The Bertz CT molecular complexity index is 205. The van der Waals surface area contributed by atoms with Gasteiger partial charge >= 0.3 is 5.97 Å². The van der Waals surface area contributed by atoms with Crippen LogP contribution in [-0.2, 0) is 19.0 Å². The molecule has 1 aliphatic heterocycles. The van der Waals surface area contributed by atoms with Crippen LogP contribution in [0.1, 0.15) is 20.3 Å². The molecule has 0 aromatic rings. The molecule has 14 heavy (non-hydrogen) atoms. The molecular formula is C9H16O5. The van der Waals surface area contributed by atoms with Crippen molar-refractivity contribution < 1.29 is 24.1 Å². The predicted octanol–water partition coefficient (Wildman–Crippen LogP) is 0.0603. The Hall–Kier alpha value is -0.650. The average molecular weight is 204 g/mol. The Kier molecular flexibility index (Phi) is 3.86. The van der Waals surface area contributed by atoms with Crippen molar-refractivity contribution in [3.8, 4) is 0 Å². The topological polar surface area (TPSA) is 65.0 Å². The predicted molar refractivity (Wildman–Crippen MR) is 47.5 cm³/mol. The monoisotopic (exact) mass is 204 g/mol. The van der Waals surface area contributed by atoms with Crippen molar-refractivity contribution in [3.05, 3.63) is 0 Å². The van der Waals surface area contributed by atoms with Crippen LogP contribution in [0.4, 0.5) is 0 Å². The molecule has 5 heteroatoms. The van der Waals surface area contributed by atoms with Crippen LogP contribution < -0.4 is 0 Å². The second kappa shape index (κ2) is 4.72. The zero-order chi connectivity index (χ0) is 10.7. The molecule has 0 saturated carbocycles.